The van der Waals surface area contributed by atoms with Gasteiger partial charge in [-0.05, 0) is 55.3 Å². The number of hydrogen-bond donors (Lipinski definition) is 0. The summed E-state index contributed by atoms with van der Waals surface area (Å²) in [5.74, 6) is -0.350. The van der Waals surface area contributed by atoms with Crippen molar-refractivity contribution in [2.45, 2.75) is 23.6 Å². The number of nitrogens with zero attached hydrogens (tertiary/aromatic N) is 1. The number of hydrogen-bond acceptors (Lipinski definition) is 2. The second kappa shape index (κ2) is 5.24. The Morgan fingerprint density at radius 1 is 1.06 bits per heavy atom. The lowest BCUT2D eigenvalue weighted by molar-refractivity contribution is 0.601. The maximum Gasteiger partial charge on any atom is 0.138 e. The molecule has 3 heteroatoms. The van der Waals surface area contributed by atoms with Crippen LogP contribution in [-0.4, -0.2) is 0 Å². The van der Waals surface area contributed by atoms with Crippen LogP contribution < -0.4 is 0 Å². The van der Waals surface area contributed by atoms with Crippen molar-refractivity contribution in [3.05, 3.63) is 58.9 Å². The van der Waals surface area contributed by atoms with Crippen LogP contribution in [0, 0.1) is 31.0 Å². The monoisotopic (exact) mass is 257 g/mol. The van der Waals surface area contributed by atoms with Gasteiger partial charge in [-0.1, -0.05) is 17.8 Å². The Morgan fingerprint density at radius 2 is 1.83 bits per heavy atom. The molecule has 0 aliphatic rings. The van der Waals surface area contributed by atoms with Crippen molar-refractivity contribution >= 4 is 11.8 Å². The number of rotatable bonds is 2. The first-order chi connectivity index (χ1) is 8.60. The van der Waals surface area contributed by atoms with Gasteiger partial charge in [-0.25, -0.2) is 4.39 Å². The van der Waals surface area contributed by atoms with Gasteiger partial charge in [0.25, 0.3) is 0 Å². The zero-order valence-electron chi connectivity index (χ0n) is 10.2. The minimum atomic E-state index is -0.350. The van der Waals surface area contributed by atoms with Crippen LogP contribution in [0.4, 0.5) is 4.39 Å². The molecular formula is C15H12FNS. The molecule has 0 atom stereocenters. The predicted molar refractivity (Wildman–Crippen MR) is 71.2 cm³/mol. The molecule has 18 heavy (non-hydrogen) atoms. The molecule has 0 amide bonds. The highest BCUT2D eigenvalue weighted by atomic mass is 32.2. The van der Waals surface area contributed by atoms with Crippen molar-refractivity contribution in [2.75, 3.05) is 0 Å². The van der Waals surface area contributed by atoms with Crippen LogP contribution in [0.2, 0.25) is 0 Å². The lowest BCUT2D eigenvalue weighted by Gasteiger charge is -2.06. The highest BCUT2D eigenvalue weighted by Crippen LogP contribution is 2.31. The summed E-state index contributed by atoms with van der Waals surface area (Å²) in [6.07, 6.45) is 0. The van der Waals surface area contributed by atoms with E-state index in [2.05, 4.69) is 0 Å². The minimum Gasteiger partial charge on any atom is -0.206 e. The van der Waals surface area contributed by atoms with E-state index in [0.29, 0.717) is 10.5 Å². The van der Waals surface area contributed by atoms with Crippen molar-refractivity contribution in [3.8, 4) is 6.07 Å². The molecule has 0 bridgehead atoms. The highest BCUT2D eigenvalue weighted by Gasteiger charge is 2.06. The maximum atomic E-state index is 13.7. The van der Waals surface area contributed by atoms with E-state index in [1.807, 2.05) is 38.1 Å². The zero-order chi connectivity index (χ0) is 13.1. The Bertz CT molecular complexity index is 629. The van der Waals surface area contributed by atoms with E-state index in [1.54, 1.807) is 12.1 Å². The molecule has 1 nitrogen and oxygen atoms in total. The van der Waals surface area contributed by atoms with Crippen molar-refractivity contribution in [1.82, 2.24) is 0 Å². The van der Waals surface area contributed by atoms with Crippen molar-refractivity contribution in [1.29, 1.82) is 5.26 Å². The molecule has 2 aromatic carbocycles. The number of halogens is 1. The molecule has 0 spiro atoms. The summed E-state index contributed by atoms with van der Waals surface area (Å²) < 4.78 is 13.7. The third-order valence-corrected chi connectivity index (χ3v) is 3.81. The molecular weight excluding hydrogens is 245 g/mol. The second-order valence-corrected chi connectivity index (χ2v) is 5.22. The van der Waals surface area contributed by atoms with E-state index in [0.717, 1.165) is 4.90 Å². The van der Waals surface area contributed by atoms with Gasteiger partial charge in [0.15, 0.2) is 0 Å². The van der Waals surface area contributed by atoms with Crippen molar-refractivity contribution < 1.29 is 4.39 Å². The summed E-state index contributed by atoms with van der Waals surface area (Å²) in [7, 11) is 0. The number of aryl methyl sites for hydroxylation is 2. The first-order valence-corrected chi connectivity index (χ1v) is 6.36. The molecule has 0 fully saturated rings. The van der Waals surface area contributed by atoms with Crippen molar-refractivity contribution in [2.24, 2.45) is 0 Å². The SMILES string of the molecule is Cc1ccc(Sc2ccc(C#N)cc2F)cc1C. The van der Waals surface area contributed by atoms with E-state index in [1.165, 1.54) is 29.0 Å². The average Bonchev–Trinajstić information content (AvgIpc) is 2.36. The third kappa shape index (κ3) is 2.72. The first kappa shape index (κ1) is 12.7. The van der Waals surface area contributed by atoms with Gasteiger partial charge in [-0.15, -0.1) is 0 Å². The normalized spacial score (nSPS) is 10.1. The molecule has 0 aliphatic heterocycles. The fourth-order valence-corrected chi connectivity index (χ4v) is 2.48. The van der Waals surface area contributed by atoms with Gasteiger partial charge in [0.1, 0.15) is 5.82 Å². The Labute approximate surface area is 110 Å². The lowest BCUT2D eigenvalue weighted by Crippen LogP contribution is -1.85. The number of benzene rings is 2. The van der Waals surface area contributed by atoms with Crippen LogP contribution in [0.15, 0.2) is 46.2 Å². The quantitative estimate of drug-likeness (QED) is 0.792. The van der Waals surface area contributed by atoms with Gasteiger partial charge >= 0.3 is 0 Å². The minimum absolute atomic E-state index is 0.344. The van der Waals surface area contributed by atoms with Gasteiger partial charge in [0.2, 0.25) is 0 Å². The molecule has 0 N–H and O–H groups in total. The highest BCUT2D eigenvalue weighted by molar-refractivity contribution is 7.99. The molecule has 90 valence electrons. The molecule has 0 aliphatic carbocycles. The third-order valence-electron chi connectivity index (χ3n) is 2.77. The van der Waals surface area contributed by atoms with Crippen LogP contribution in [-0.2, 0) is 0 Å². The predicted octanol–water partition coefficient (Wildman–Crippen LogP) is 4.47. The Kier molecular flexibility index (Phi) is 3.69. The smallest absolute Gasteiger partial charge is 0.138 e. The van der Waals surface area contributed by atoms with Gasteiger partial charge in [0.05, 0.1) is 11.6 Å². The van der Waals surface area contributed by atoms with Gasteiger partial charge in [0, 0.05) is 9.79 Å². The van der Waals surface area contributed by atoms with E-state index in [9.17, 15) is 4.39 Å². The van der Waals surface area contributed by atoms with E-state index in [4.69, 9.17) is 5.26 Å². The summed E-state index contributed by atoms with van der Waals surface area (Å²) >= 11 is 1.37. The van der Waals surface area contributed by atoms with Gasteiger partial charge in [-0.2, -0.15) is 5.26 Å². The van der Waals surface area contributed by atoms with E-state index in [-0.39, 0.29) is 5.82 Å². The molecule has 0 heterocycles. The van der Waals surface area contributed by atoms with Crippen LogP contribution in [0.5, 0.6) is 0 Å². The topological polar surface area (TPSA) is 23.8 Å². The summed E-state index contributed by atoms with van der Waals surface area (Å²) in [4.78, 5) is 1.54. The summed E-state index contributed by atoms with van der Waals surface area (Å²) in [5.41, 5.74) is 2.76. The average molecular weight is 257 g/mol. The summed E-state index contributed by atoms with van der Waals surface area (Å²) in [6.45, 7) is 4.08. The fourth-order valence-electron chi connectivity index (χ4n) is 1.56. The fraction of sp³-hybridized carbons (Fsp3) is 0.133. The van der Waals surface area contributed by atoms with Crippen LogP contribution >= 0.6 is 11.8 Å². The number of nitriles is 1. The Balaban J connectivity index is 2.29. The molecule has 0 saturated heterocycles. The second-order valence-electron chi connectivity index (χ2n) is 4.11. The summed E-state index contributed by atoms with van der Waals surface area (Å²) in [5, 5.41) is 8.69. The van der Waals surface area contributed by atoms with Crippen LogP contribution in [0.25, 0.3) is 0 Å². The van der Waals surface area contributed by atoms with E-state index >= 15 is 0 Å². The zero-order valence-corrected chi connectivity index (χ0v) is 11.0. The van der Waals surface area contributed by atoms with E-state index < -0.39 is 0 Å². The lowest BCUT2D eigenvalue weighted by atomic mass is 10.1. The molecule has 0 saturated carbocycles. The van der Waals surface area contributed by atoms with Crippen LogP contribution in [0.1, 0.15) is 16.7 Å². The van der Waals surface area contributed by atoms with Crippen molar-refractivity contribution in [3.63, 3.8) is 0 Å². The molecule has 2 rings (SSSR count). The Hall–Kier alpha value is -1.79. The largest absolute Gasteiger partial charge is 0.206 e. The Morgan fingerprint density at radius 3 is 2.44 bits per heavy atom. The summed E-state index contributed by atoms with van der Waals surface area (Å²) in [6, 6.07) is 12.5. The molecule has 0 aromatic heterocycles. The van der Waals surface area contributed by atoms with Gasteiger partial charge < -0.3 is 0 Å². The molecule has 2 aromatic rings. The van der Waals surface area contributed by atoms with Gasteiger partial charge in [-0.3, -0.25) is 0 Å². The molecule has 0 unspecified atom stereocenters. The standard InChI is InChI=1S/C15H12FNS/c1-10-3-5-13(7-11(10)2)18-15-6-4-12(9-17)8-14(15)16/h3-8H,1-2H3. The molecule has 0 radical (unpaired) electrons. The maximum absolute atomic E-state index is 13.7. The van der Waals surface area contributed by atoms with Crippen LogP contribution in [0.3, 0.4) is 0 Å². The first-order valence-electron chi connectivity index (χ1n) is 5.55.